The van der Waals surface area contributed by atoms with Crippen LogP contribution in [-0.4, -0.2) is 33.4 Å². The number of Topliss-reactive ketones (excluding diaryl/α,β-unsaturated/α-hetero) is 1. The van der Waals surface area contributed by atoms with E-state index in [4.69, 9.17) is 9.47 Å². The van der Waals surface area contributed by atoms with Crippen LogP contribution in [0.25, 0.3) is 11.4 Å². The fourth-order valence-electron chi connectivity index (χ4n) is 2.98. The summed E-state index contributed by atoms with van der Waals surface area (Å²) < 4.78 is 12.8. The van der Waals surface area contributed by atoms with Gasteiger partial charge in [-0.25, -0.2) is 0 Å². The SMILES string of the molecule is COc1ccc(-c2nnc(SCC(=O)c3ccc(Oc4ccccc4)cc3)n2C)cc1. The van der Waals surface area contributed by atoms with Crippen molar-refractivity contribution in [3.63, 3.8) is 0 Å². The Bertz CT molecular complexity index is 1160. The van der Waals surface area contributed by atoms with Gasteiger partial charge in [-0.1, -0.05) is 30.0 Å². The van der Waals surface area contributed by atoms with Gasteiger partial charge in [0.1, 0.15) is 17.2 Å². The Labute approximate surface area is 184 Å². The van der Waals surface area contributed by atoms with E-state index in [0.717, 1.165) is 22.9 Å². The Morgan fingerprint density at radius 1 is 0.871 bits per heavy atom. The third-order valence-corrected chi connectivity index (χ3v) is 5.69. The van der Waals surface area contributed by atoms with Crippen LogP contribution in [-0.2, 0) is 7.05 Å². The molecule has 1 aromatic heterocycles. The van der Waals surface area contributed by atoms with Crippen LogP contribution in [0.4, 0.5) is 0 Å². The fraction of sp³-hybridized carbons (Fsp3) is 0.125. The Balaban J connectivity index is 1.38. The number of hydrogen-bond acceptors (Lipinski definition) is 6. The van der Waals surface area contributed by atoms with E-state index in [9.17, 15) is 4.79 Å². The smallest absolute Gasteiger partial charge is 0.191 e. The third-order valence-electron chi connectivity index (χ3n) is 4.67. The number of thioether (sulfide) groups is 1. The minimum Gasteiger partial charge on any atom is -0.497 e. The molecule has 0 fully saturated rings. The summed E-state index contributed by atoms with van der Waals surface area (Å²) in [6, 6.07) is 24.3. The molecule has 0 saturated heterocycles. The molecule has 0 aliphatic heterocycles. The number of methoxy groups -OCH3 is 1. The number of aromatic nitrogens is 3. The normalized spacial score (nSPS) is 10.6. The lowest BCUT2D eigenvalue weighted by Gasteiger charge is -2.07. The van der Waals surface area contributed by atoms with Crippen molar-refractivity contribution in [3.05, 3.63) is 84.4 Å². The molecule has 6 nitrogen and oxygen atoms in total. The minimum atomic E-state index is 0.0188. The zero-order valence-electron chi connectivity index (χ0n) is 17.2. The van der Waals surface area contributed by atoms with E-state index in [1.54, 1.807) is 31.4 Å². The van der Waals surface area contributed by atoms with Crippen LogP contribution in [0, 0.1) is 0 Å². The first-order chi connectivity index (χ1) is 15.1. The van der Waals surface area contributed by atoms with Gasteiger partial charge in [-0.3, -0.25) is 4.79 Å². The zero-order valence-corrected chi connectivity index (χ0v) is 18.0. The molecule has 156 valence electrons. The quantitative estimate of drug-likeness (QED) is 0.280. The van der Waals surface area contributed by atoms with Gasteiger partial charge in [0.05, 0.1) is 12.9 Å². The Morgan fingerprint density at radius 2 is 1.52 bits per heavy atom. The highest BCUT2D eigenvalue weighted by molar-refractivity contribution is 7.99. The average Bonchev–Trinajstić information content (AvgIpc) is 3.19. The number of nitrogens with zero attached hydrogens (tertiary/aromatic N) is 3. The van der Waals surface area contributed by atoms with Gasteiger partial charge < -0.3 is 14.0 Å². The summed E-state index contributed by atoms with van der Waals surface area (Å²) in [5, 5.41) is 9.18. The Hall–Kier alpha value is -3.58. The van der Waals surface area contributed by atoms with Crippen LogP contribution in [0.2, 0.25) is 0 Å². The first kappa shape index (κ1) is 20.7. The number of para-hydroxylation sites is 1. The summed E-state index contributed by atoms with van der Waals surface area (Å²) in [5.74, 6) is 3.25. The van der Waals surface area contributed by atoms with E-state index in [1.807, 2.05) is 66.2 Å². The highest BCUT2D eigenvalue weighted by Gasteiger charge is 2.14. The van der Waals surface area contributed by atoms with E-state index < -0.39 is 0 Å². The van der Waals surface area contributed by atoms with E-state index in [1.165, 1.54) is 11.8 Å². The molecule has 0 saturated carbocycles. The molecule has 7 heteroatoms. The molecular formula is C24H21N3O3S. The van der Waals surface area contributed by atoms with Crippen LogP contribution in [0.5, 0.6) is 17.2 Å². The fourth-order valence-corrected chi connectivity index (χ4v) is 3.78. The highest BCUT2D eigenvalue weighted by atomic mass is 32.2. The molecule has 0 unspecified atom stereocenters. The largest absolute Gasteiger partial charge is 0.497 e. The predicted molar refractivity (Wildman–Crippen MR) is 121 cm³/mol. The summed E-state index contributed by atoms with van der Waals surface area (Å²) in [4.78, 5) is 12.6. The van der Waals surface area contributed by atoms with Gasteiger partial charge in [0.15, 0.2) is 16.8 Å². The van der Waals surface area contributed by atoms with Crippen LogP contribution in [0.3, 0.4) is 0 Å². The molecule has 4 rings (SSSR count). The minimum absolute atomic E-state index is 0.0188. The summed E-state index contributed by atoms with van der Waals surface area (Å²) in [6.45, 7) is 0. The first-order valence-corrected chi connectivity index (χ1v) is 10.7. The number of hydrogen-bond donors (Lipinski definition) is 0. The van der Waals surface area contributed by atoms with Gasteiger partial charge in [0.25, 0.3) is 0 Å². The number of carbonyl (C=O) groups is 1. The number of ketones is 1. The molecule has 0 atom stereocenters. The van der Waals surface area contributed by atoms with E-state index >= 15 is 0 Å². The van der Waals surface area contributed by atoms with Crippen molar-refractivity contribution in [2.75, 3.05) is 12.9 Å². The molecule has 0 bridgehead atoms. The van der Waals surface area contributed by atoms with Crippen LogP contribution >= 0.6 is 11.8 Å². The third kappa shape index (κ3) is 4.95. The molecule has 0 amide bonds. The number of rotatable bonds is 8. The van der Waals surface area contributed by atoms with Crippen LogP contribution < -0.4 is 9.47 Å². The van der Waals surface area contributed by atoms with Crippen LogP contribution in [0.15, 0.2) is 84.0 Å². The monoisotopic (exact) mass is 431 g/mol. The predicted octanol–water partition coefficient (Wildman–Crippen LogP) is 5.26. The van der Waals surface area contributed by atoms with Crippen LogP contribution in [0.1, 0.15) is 10.4 Å². The van der Waals surface area contributed by atoms with Gasteiger partial charge in [0.2, 0.25) is 0 Å². The van der Waals surface area contributed by atoms with Crippen molar-refractivity contribution < 1.29 is 14.3 Å². The lowest BCUT2D eigenvalue weighted by molar-refractivity contribution is 0.102. The topological polar surface area (TPSA) is 66.2 Å². The summed E-state index contributed by atoms with van der Waals surface area (Å²) in [5.41, 5.74) is 1.56. The summed E-state index contributed by atoms with van der Waals surface area (Å²) >= 11 is 1.36. The van der Waals surface area contributed by atoms with Crippen molar-refractivity contribution in [2.24, 2.45) is 7.05 Å². The molecule has 0 aliphatic rings. The maximum absolute atomic E-state index is 12.6. The van der Waals surface area contributed by atoms with Crippen molar-refractivity contribution in [2.45, 2.75) is 5.16 Å². The number of ether oxygens (including phenoxy) is 2. The van der Waals surface area contributed by atoms with Gasteiger partial charge in [-0.2, -0.15) is 0 Å². The van der Waals surface area contributed by atoms with E-state index in [-0.39, 0.29) is 11.5 Å². The first-order valence-electron chi connectivity index (χ1n) is 9.67. The number of benzene rings is 3. The lowest BCUT2D eigenvalue weighted by atomic mass is 10.1. The van der Waals surface area contributed by atoms with Crippen molar-refractivity contribution >= 4 is 17.5 Å². The van der Waals surface area contributed by atoms with Gasteiger partial charge in [-0.15, -0.1) is 10.2 Å². The second-order valence-electron chi connectivity index (χ2n) is 6.75. The summed E-state index contributed by atoms with van der Waals surface area (Å²) in [7, 11) is 3.52. The standard InChI is InChI=1S/C24H21N3O3S/c1-27-23(18-10-12-19(29-2)13-11-18)25-26-24(27)31-16-22(28)17-8-14-21(15-9-17)30-20-6-4-3-5-7-20/h3-15H,16H2,1-2H3. The van der Waals surface area contributed by atoms with Gasteiger partial charge in [-0.05, 0) is 60.7 Å². The molecule has 0 N–H and O–H groups in total. The number of carbonyl (C=O) groups excluding carboxylic acids is 1. The Morgan fingerprint density at radius 3 is 2.19 bits per heavy atom. The van der Waals surface area contributed by atoms with Crippen molar-refractivity contribution in [1.82, 2.24) is 14.8 Å². The molecule has 0 radical (unpaired) electrons. The molecule has 0 spiro atoms. The van der Waals surface area contributed by atoms with Crippen molar-refractivity contribution in [1.29, 1.82) is 0 Å². The van der Waals surface area contributed by atoms with E-state index in [0.29, 0.717) is 16.5 Å². The second-order valence-corrected chi connectivity index (χ2v) is 7.69. The average molecular weight is 432 g/mol. The molecule has 0 aliphatic carbocycles. The van der Waals surface area contributed by atoms with E-state index in [2.05, 4.69) is 10.2 Å². The lowest BCUT2D eigenvalue weighted by Crippen LogP contribution is -2.04. The maximum atomic E-state index is 12.6. The molecule has 3 aromatic carbocycles. The highest BCUT2D eigenvalue weighted by Crippen LogP contribution is 2.26. The van der Waals surface area contributed by atoms with Gasteiger partial charge >= 0.3 is 0 Å². The zero-order chi connectivity index (χ0) is 21.6. The Kier molecular flexibility index (Phi) is 6.33. The maximum Gasteiger partial charge on any atom is 0.191 e. The van der Waals surface area contributed by atoms with Gasteiger partial charge in [0, 0.05) is 18.2 Å². The molecular weight excluding hydrogens is 410 g/mol. The second kappa shape index (κ2) is 9.49. The molecule has 31 heavy (non-hydrogen) atoms. The summed E-state index contributed by atoms with van der Waals surface area (Å²) in [6.07, 6.45) is 0. The molecule has 4 aromatic rings. The molecule has 1 heterocycles. The van der Waals surface area contributed by atoms with Crippen molar-refractivity contribution in [3.8, 4) is 28.6 Å².